The first-order chi connectivity index (χ1) is 19.3. The number of nitrogens with one attached hydrogen (secondary N) is 1. The number of amides is 1. The largest absolute Gasteiger partial charge is 0.508 e. The number of aromatic hydroxyl groups is 1. The Balaban J connectivity index is 1.35. The van der Waals surface area contributed by atoms with Gasteiger partial charge in [0.1, 0.15) is 23.1 Å². The second kappa shape index (κ2) is 11.3. The lowest BCUT2D eigenvalue weighted by Crippen LogP contribution is -2.42. The summed E-state index contributed by atoms with van der Waals surface area (Å²) in [4.78, 5) is 29.6. The van der Waals surface area contributed by atoms with Crippen molar-refractivity contribution >= 4 is 29.1 Å². The van der Waals surface area contributed by atoms with E-state index in [4.69, 9.17) is 16.9 Å². The predicted octanol–water partition coefficient (Wildman–Crippen LogP) is 5.25. The molecule has 0 spiro atoms. The number of halogens is 1. The summed E-state index contributed by atoms with van der Waals surface area (Å²) in [6.45, 7) is 0. The van der Waals surface area contributed by atoms with E-state index in [1.54, 1.807) is 53.2 Å². The quantitative estimate of drug-likeness (QED) is 0.242. The van der Waals surface area contributed by atoms with Crippen molar-refractivity contribution < 1.29 is 19.8 Å². The first-order valence-corrected chi connectivity index (χ1v) is 12.7. The van der Waals surface area contributed by atoms with Gasteiger partial charge in [0.05, 0.1) is 11.6 Å². The predicted molar refractivity (Wildman–Crippen MR) is 150 cm³/mol. The van der Waals surface area contributed by atoms with Crippen LogP contribution in [0, 0.1) is 11.3 Å². The minimum atomic E-state index is -1.23. The summed E-state index contributed by atoms with van der Waals surface area (Å²) < 4.78 is 1.69. The molecule has 0 aliphatic heterocycles. The fourth-order valence-corrected chi connectivity index (χ4v) is 4.58. The lowest BCUT2D eigenvalue weighted by molar-refractivity contribution is -0.139. The Labute approximate surface area is 234 Å². The maximum Gasteiger partial charge on any atom is 0.326 e. The van der Waals surface area contributed by atoms with Crippen LogP contribution in [-0.4, -0.2) is 37.5 Å². The van der Waals surface area contributed by atoms with E-state index in [9.17, 15) is 19.8 Å². The molecule has 0 fully saturated rings. The van der Waals surface area contributed by atoms with Gasteiger partial charge in [-0.15, -0.1) is 0 Å². The number of rotatable bonds is 8. The highest BCUT2D eigenvalue weighted by Crippen LogP contribution is 2.24. The van der Waals surface area contributed by atoms with Crippen LogP contribution in [0.2, 0.25) is 5.02 Å². The summed E-state index contributed by atoms with van der Waals surface area (Å²) in [6, 6.07) is 23.7. The molecular weight excluding hydrogens is 528 g/mol. The van der Waals surface area contributed by atoms with Gasteiger partial charge in [-0.1, -0.05) is 41.9 Å². The average molecular weight is 551 g/mol. The third-order valence-electron chi connectivity index (χ3n) is 6.57. The molecule has 0 saturated heterocycles. The first-order valence-electron chi connectivity index (χ1n) is 12.4. The third-order valence-corrected chi connectivity index (χ3v) is 6.82. The number of phenols is 1. The van der Waals surface area contributed by atoms with Gasteiger partial charge in [-0.2, -0.15) is 5.26 Å². The lowest BCUT2D eigenvalue weighted by atomic mass is 9.94. The van der Waals surface area contributed by atoms with Crippen molar-refractivity contribution in [1.82, 2.24) is 14.7 Å². The molecule has 5 aromatic rings. The number of nitrogens with zero attached hydrogens (tertiary/aromatic N) is 3. The van der Waals surface area contributed by atoms with E-state index >= 15 is 0 Å². The average Bonchev–Trinajstić information content (AvgIpc) is 3.38. The molecule has 2 aromatic heterocycles. The van der Waals surface area contributed by atoms with Crippen molar-refractivity contribution in [2.45, 2.75) is 18.9 Å². The molecule has 3 N–H and O–H groups in total. The van der Waals surface area contributed by atoms with Gasteiger partial charge < -0.3 is 19.9 Å². The first kappa shape index (κ1) is 26.5. The van der Waals surface area contributed by atoms with Gasteiger partial charge in [0.2, 0.25) is 0 Å². The molecule has 1 atom stereocenters. The number of carbonyl (C=O) groups is 2. The van der Waals surface area contributed by atoms with E-state index in [2.05, 4.69) is 16.4 Å². The Morgan fingerprint density at radius 1 is 0.975 bits per heavy atom. The summed E-state index contributed by atoms with van der Waals surface area (Å²) in [5, 5.41) is 32.2. The SMILES string of the molecule is N#Cc1ccc(Cc2cc(O)ccc2C[C@H](NC(=O)c2cn3ccc(-c4ccc(Cl)cc4)cc3n2)C(=O)O)cc1. The molecule has 2 heterocycles. The summed E-state index contributed by atoms with van der Waals surface area (Å²) in [5.41, 5.74) is 5.26. The van der Waals surface area contributed by atoms with E-state index in [0.29, 0.717) is 33.8 Å². The Hall–Kier alpha value is -5.13. The van der Waals surface area contributed by atoms with E-state index in [1.165, 1.54) is 6.07 Å². The second-order valence-electron chi connectivity index (χ2n) is 9.32. The van der Waals surface area contributed by atoms with Crippen LogP contribution < -0.4 is 5.32 Å². The number of nitriles is 1. The van der Waals surface area contributed by atoms with E-state index in [-0.39, 0.29) is 17.9 Å². The van der Waals surface area contributed by atoms with Crippen molar-refractivity contribution in [3.05, 3.63) is 124 Å². The van der Waals surface area contributed by atoms with Crippen LogP contribution in [-0.2, 0) is 17.6 Å². The number of hydrogen-bond donors (Lipinski definition) is 3. The summed E-state index contributed by atoms with van der Waals surface area (Å²) in [5.74, 6) is -1.76. The van der Waals surface area contributed by atoms with E-state index < -0.39 is 17.9 Å². The van der Waals surface area contributed by atoms with Gasteiger partial charge in [-0.05, 0) is 82.8 Å². The Morgan fingerprint density at radius 2 is 1.73 bits per heavy atom. The molecule has 0 aliphatic rings. The molecule has 3 aromatic carbocycles. The van der Waals surface area contributed by atoms with E-state index in [0.717, 1.165) is 16.7 Å². The zero-order chi connectivity index (χ0) is 28.2. The van der Waals surface area contributed by atoms with Gasteiger partial charge >= 0.3 is 5.97 Å². The van der Waals surface area contributed by atoms with Crippen LogP contribution in [0.15, 0.2) is 91.3 Å². The maximum absolute atomic E-state index is 13.1. The molecule has 40 heavy (non-hydrogen) atoms. The van der Waals surface area contributed by atoms with E-state index in [1.807, 2.05) is 36.4 Å². The van der Waals surface area contributed by atoms with Crippen LogP contribution in [0.4, 0.5) is 0 Å². The molecule has 9 heteroatoms. The fourth-order valence-electron chi connectivity index (χ4n) is 4.46. The fraction of sp³-hybridized carbons (Fsp3) is 0.0968. The van der Waals surface area contributed by atoms with Crippen LogP contribution in [0.1, 0.15) is 32.7 Å². The maximum atomic E-state index is 13.1. The van der Waals surface area contributed by atoms with Crippen molar-refractivity contribution in [3.63, 3.8) is 0 Å². The molecule has 198 valence electrons. The van der Waals surface area contributed by atoms with Crippen LogP contribution in [0.3, 0.4) is 0 Å². The number of benzene rings is 3. The van der Waals surface area contributed by atoms with Crippen LogP contribution in [0.25, 0.3) is 16.8 Å². The van der Waals surface area contributed by atoms with Crippen molar-refractivity contribution in [2.24, 2.45) is 0 Å². The summed E-state index contributed by atoms with van der Waals surface area (Å²) >= 11 is 5.99. The van der Waals surface area contributed by atoms with Gasteiger partial charge in [0.25, 0.3) is 5.91 Å². The van der Waals surface area contributed by atoms with Gasteiger partial charge in [0.15, 0.2) is 0 Å². The minimum absolute atomic E-state index is 0.00104. The second-order valence-corrected chi connectivity index (χ2v) is 9.76. The molecule has 0 aliphatic carbocycles. The number of carbonyl (C=O) groups excluding carboxylic acids is 1. The molecular formula is C31H23ClN4O4. The molecule has 8 nitrogen and oxygen atoms in total. The number of aliphatic carboxylic acids is 1. The zero-order valence-electron chi connectivity index (χ0n) is 21.1. The highest BCUT2D eigenvalue weighted by Gasteiger charge is 2.24. The molecule has 1 amide bonds. The minimum Gasteiger partial charge on any atom is -0.508 e. The lowest BCUT2D eigenvalue weighted by Gasteiger charge is -2.17. The molecule has 0 saturated carbocycles. The monoisotopic (exact) mass is 550 g/mol. The summed E-state index contributed by atoms with van der Waals surface area (Å²) in [7, 11) is 0. The molecule has 0 bridgehead atoms. The molecule has 0 unspecified atom stereocenters. The number of fused-ring (bicyclic) bond motifs is 1. The van der Waals surface area contributed by atoms with Crippen molar-refractivity contribution in [3.8, 4) is 22.9 Å². The Kier molecular flexibility index (Phi) is 7.49. The van der Waals surface area contributed by atoms with Gasteiger partial charge in [-0.25, -0.2) is 9.78 Å². The number of aromatic nitrogens is 2. The van der Waals surface area contributed by atoms with Crippen molar-refractivity contribution in [1.29, 1.82) is 5.26 Å². The van der Waals surface area contributed by atoms with Gasteiger partial charge in [0, 0.05) is 23.8 Å². The normalized spacial score (nSPS) is 11.6. The number of hydrogen-bond acceptors (Lipinski definition) is 5. The standard InChI is InChI=1S/C31H23ClN4O4/c32-25-8-5-21(6-9-25)23-11-12-36-18-28(34-29(36)16-23)30(38)35-27(31(39)40)15-22-7-10-26(37)14-24(22)13-19-1-3-20(17-33)4-2-19/h1-12,14,16,18,27,37H,13,15H2,(H,35,38)(H,39,40)/t27-/m0/s1. The number of pyridine rings is 1. The number of imidazole rings is 1. The Morgan fingerprint density at radius 3 is 2.42 bits per heavy atom. The smallest absolute Gasteiger partial charge is 0.326 e. The highest BCUT2D eigenvalue weighted by molar-refractivity contribution is 6.30. The van der Waals surface area contributed by atoms with Crippen LogP contribution >= 0.6 is 11.6 Å². The van der Waals surface area contributed by atoms with Crippen molar-refractivity contribution in [2.75, 3.05) is 0 Å². The Bertz CT molecular complexity index is 1760. The number of phenolic OH excluding ortho intramolecular Hbond substituents is 1. The highest BCUT2D eigenvalue weighted by atomic mass is 35.5. The summed E-state index contributed by atoms with van der Waals surface area (Å²) in [6.07, 6.45) is 3.74. The molecule has 5 rings (SSSR count). The third kappa shape index (κ3) is 5.96. The zero-order valence-corrected chi connectivity index (χ0v) is 21.8. The number of carboxylic acid groups (broad SMARTS) is 1. The topological polar surface area (TPSA) is 128 Å². The molecule has 0 radical (unpaired) electrons. The van der Waals surface area contributed by atoms with Crippen LogP contribution in [0.5, 0.6) is 5.75 Å². The number of carboxylic acids is 1. The van der Waals surface area contributed by atoms with Gasteiger partial charge in [-0.3, -0.25) is 4.79 Å².